The van der Waals surface area contributed by atoms with Crippen molar-refractivity contribution < 1.29 is 13.9 Å². The summed E-state index contributed by atoms with van der Waals surface area (Å²) in [4.78, 5) is 5.45. The molecule has 0 aliphatic carbocycles. The van der Waals surface area contributed by atoms with Gasteiger partial charge in [0, 0.05) is 19.2 Å². The van der Waals surface area contributed by atoms with Crippen LogP contribution >= 0.6 is 0 Å². The van der Waals surface area contributed by atoms with Gasteiger partial charge in [0.2, 0.25) is 0 Å². The molecule has 1 unspecified atom stereocenters. The van der Waals surface area contributed by atoms with E-state index in [1.165, 1.54) is 0 Å². The SMILES string of the molecule is CN(C)CC(C)(O)CNc1nc(NN)c(F)cc1F. The van der Waals surface area contributed by atoms with Gasteiger partial charge in [0.05, 0.1) is 5.60 Å². The van der Waals surface area contributed by atoms with E-state index in [-0.39, 0.29) is 18.2 Å². The van der Waals surface area contributed by atoms with Gasteiger partial charge in [0.1, 0.15) is 0 Å². The second-order valence-corrected chi connectivity index (χ2v) is 4.88. The molecule has 1 atom stereocenters. The van der Waals surface area contributed by atoms with Crippen LogP contribution in [0.25, 0.3) is 0 Å². The molecule has 19 heavy (non-hydrogen) atoms. The number of nitrogen functional groups attached to an aromatic ring is 1. The Morgan fingerprint density at radius 3 is 2.47 bits per heavy atom. The van der Waals surface area contributed by atoms with Crippen molar-refractivity contribution in [1.29, 1.82) is 0 Å². The molecule has 0 saturated carbocycles. The predicted molar refractivity (Wildman–Crippen MR) is 69.6 cm³/mol. The molecule has 0 aromatic carbocycles. The van der Waals surface area contributed by atoms with Crippen molar-refractivity contribution in [2.75, 3.05) is 37.9 Å². The third kappa shape index (κ3) is 4.58. The molecule has 0 spiro atoms. The number of nitrogens with two attached hydrogens (primary N) is 1. The second-order valence-electron chi connectivity index (χ2n) is 4.88. The Hall–Kier alpha value is -1.51. The zero-order chi connectivity index (χ0) is 14.6. The van der Waals surface area contributed by atoms with Crippen LogP contribution in [0.1, 0.15) is 6.92 Å². The third-order valence-electron chi connectivity index (χ3n) is 2.36. The number of anilines is 2. The molecule has 1 rings (SSSR count). The van der Waals surface area contributed by atoms with Gasteiger partial charge in [-0.25, -0.2) is 19.6 Å². The molecule has 0 aliphatic rings. The van der Waals surface area contributed by atoms with E-state index in [1.54, 1.807) is 11.8 Å². The number of hydrogen-bond acceptors (Lipinski definition) is 6. The summed E-state index contributed by atoms with van der Waals surface area (Å²) in [6.45, 7) is 2.04. The molecule has 0 aliphatic heterocycles. The minimum Gasteiger partial charge on any atom is -0.387 e. The van der Waals surface area contributed by atoms with Gasteiger partial charge in [0.25, 0.3) is 0 Å². The Kier molecular flexibility index (Phi) is 4.98. The number of nitrogens with zero attached hydrogens (tertiary/aromatic N) is 2. The first kappa shape index (κ1) is 15.5. The third-order valence-corrected chi connectivity index (χ3v) is 2.36. The Morgan fingerprint density at radius 2 is 1.95 bits per heavy atom. The van der Waals surface area contributed by atoms with E-state index < -0.39 is 17.2 Å². The smallest absolute Gasteiger partial charge is 0.178 e. The first-order valence-corrected chi connectivity index (χ1v) is 5.69. The minimum absolute atomic E-state index is 0.0603. The van der Waals surface area contributed by atoms with Crippen molar-refractivity contribution in [2.24, 2.45) is 5.84 Å². The quantitative estimate of drug-likeness (QED) is 0.443. The van der Waals surface area contributed by atoms with Crippen molar-refractivity contribution in [3.8, 4) is 0 Å². The van der Waals surface area contributed by atoms with Gasteiger partial charge in [-0.05, 0) is 21.0 Å². The second kappa shape index (κ2) is 6.09. The van der Waals surface area contributed by atoms with Crippen LogP contribution < -0.4 is 16.6 Å². The fraction of sp³-hybridized carbons (Fsp3) is 0.545. The molecule has 0 amide bonds. The van der Waals surface area contributed by atoms with Gasteiger partial charge >= 0.3 is 0 Å². The summed E-state index contributed by atoms with van der Waals surface area (Å²) in [5.41, 5.74) is 0.948. The lowest BCUT2D eigenvalue weighted by molar-refractivity contribution is 0.0458. The molecular weight excluding hydrogens is 256 g/mol. The highest BCUT2D eigenvalue weighted by molar-refractivity contribution is 5.47. The van der Waals surface area contributed by atoms with Crippen LogP contribution in [-0.2, 0) is 0 Å². The van der Waals surface area contributed by atoms with Crippen LogP contribution in [0.5, 0.6) is 0 Å². The maximum atomic E-state index is 13.5. The Labute approximate surface area is 110 Å². The van der Waals surface area contributed by atoms with E-state index in [0.29, 0.717) is 12.6 Å². The fourth-order valence-electron chi connectivity index (χ4n) is 1.70. The van der Waals surface area contributed by atoms with Gasteiger partial charge < -0.3 is 20.7 Å². The molecule has 8 heteroatoms. The molecule has 0 bridgehead atoms. The standard InChI is InChI=1S/C11H19F2N5O/c1-11(19,6-18(2)3)5-15-9-7(12)4-8(13)10(16-9)17-14/h4,19H,5-6,14H2,1-3H3,(H2,15,16,17). The number of aromatic nitrogens is 1. The lowest BCUT2D eigenvalue weighted by atomic mass is 10.1. The fourth-order valence-corrected chi connectivity index (χ4v) is 1.70. The van der Waals surface area contributed by atoms with Crippen LogP contribution in [0.3, 0.4) is 0 Å². The Morgan fingerprint density at radius 1 is 1.37 bits per heavy atom. The summed E-state index contributed by atoms with van der Waals surface area (Å²) in [5.74, 6) is 2.88. The highest BCUT2D eigenvalue weighted by atomic mass is 19.1. The highest BCUT2D eigenvalue weighted by Gasteiger charge is 2.22. The average Bonchev–Trinajstić information content (AvgIpc) is 2.26. The first-order chi connectivity index (χ1) is 8.75. The molecule has 1 heterocycles. The lowest BCUT2D eigenvalue weighted by Gasteiger charge is -2.27. The maximum Gasteiger partial charge on any atom is 0.178 e. The molecule has 0 saturated heterocycles. The summed E-state index contributed by atoms with van der Waals surface area (Å²) in [6, 6.07) is 0.672. The number of hydrogen-bond donors (Lipinski definition) is 4. The molecule has 108 valence electrons. The van der Waals surface area contributed by atoms with E-state index in [9.17, 15) is 13.9 Å². The molecule has 0 radical (unpaired) electrons. The van der Waals surface area contributed by atoms with Crippen molar-refractivity contribution in [3.63, 3.8) is 0 Å². The Balaban J connectivity index is 2.77. The number of aliphatic hydroxyl groups is 1. The number of pyridine rings is 1. The van der Waals surface area contributed by atoms with Gasteiger partial charge in [-0.15, -0.1) is 0 Å². The number of halogens is 2. The predicted octanol–water partition coefficient (Wildman–Crippen LogP) is 0.370. The number of hydrazine groups is 1. The molecular formula is C11H19F2N5O. The zero-order valence-corrected chi connectivity index (χ0v) is 11.2. The van der Waals surface area contributed by atoms with Gasteiger partial charge in [-0.2, -0.15) is 0 Å². The summed E-state index contributed by atoms with van der Waals surface area (Å²) in [6.07, 6.45) is 0. The highest BCUT2D eigenvalue weighted by Crippen LogP contribution is 2.19. The van der Waals surface area contributed by atoms with E-state index in [2.05, 4.69) is 10.3 Å². The minimum atomic E-state index is -1.08. The summed E-state index contributed by atoms with van der Waals surface area (Å²) >= 11 is 0. The normalized spacial score (nSPS) is 14.3. The van der Waals surface area contributed by atoms with E-state index in [0.717, 1.165) is 0 Å². The largest absolute Gasteiger partial charge is 0.387 e. The van der Waals surface area contributed by atoms with Gasteiger partial charge in [-0.3, -0.25) is 0 Å². The van der Waals surface area contributed by atoms with Crippen molar-refractivity contribution in [1.82, 2.24) is 9.88 Å². The molecule has 1 aromatic heterocycles. The zero-order valence-electron chi connectivity index (χ0n) is 11.2. The monoisotopic (exact) mass is 275 g/mol. The molecule has 1 aromatic rings. The van der Waals surface area contributed by atoms with Gasteiger partial charge in [0.15, 0.2) is 23.3 Å². The molecule has 5 N–H and O–H groups in total. The Bertz CT molecular complexity index is 439. The van der Waals surface area contributed by atoms with Crippen LogP contribution in [0.15, 0.2) is 6.07 Å². The maximum absolute atomic E-state index is 13.5. The lowest BCUT2D eigenvalue weighted by Crippen LogP contribution is -2.43. The van der Waals surface area contributed by atoms with Crippen molar-refractivity contribution >= 4 is 11.6 Å². The van der Waals surface area contributed by atoms with Crippen LogP contribution in [-0.4, -0.2) is 47.8 Å². The van der Waals surface area contributed by atoms with Crippen LogP contribution in [0.4, 0.5) is 20.4 Å². The van der Waals surface area contributed by atoms with E-state index in [4.69, 9.17) is 5.84 Å². The summed E-state index contributed by atoms with van der Waals surface area (Å²) < 4.78 is 26.6. The summed E-state index contributed by atoms with van der Waals surface area (Å²) in [7, 11) is 3.61. The van der Waals surface area contributed by atoms with Crippen molar-refractivity contribution in [2.45, 2.75) is 12.5 Å². The molecule has 0 fully saturated rings. The number of nitrogens with one attached hydrogen (secondary N) is 2. The van der Waals surface area contributed by atoms with Crippen LogP contribution in [0.2, 0.25) is 0 Å². The number of rotatable bonds is 6. The van der Waals surface area contributed by atoms with Crippen molar-refractivity contribution in [3.05, 3.63) is 17.7 Å². The topological polar surface area (TPSA) is 86.4 Å². The molecule has 6 nitrogen and oxygen atoms in total. The van der Waals surface area contributed by atoms with E-state index >= 15 is 0 Å². The average molecular weight is 275 g/mol. The van der Waals surface area contributed by atoms with E-state index in [1.807, 2.05) is 19.5 Å². The number of likely N-dealkylation sites (N-methyl/N-ethyl adjacent to an activating group) is 1. The van der Waals surface area contributed by atoms with Crippen LogP contribution in [0, 0.1) is 11.6 Å². The first-order valence-electron chi connectivity index (χ1n) is 5.69. The summed E-state index contributed by atoms with van der Waals surface area (Å²) in [5, 5.41) is 12.7. The van der Waals surface area contributed by atoms with Gasteiger partial charge in [-0.1, -0.05) is 0 Å².